The van der Waals surface area contributed by atoms with Crippen molar-refractivity contribution in [3.8, 4) is 0 Å². The van der Waals surface area contributed by atoms with Crippen LogP contribution in [0.4, 0.5) is 4.39 Å². The van der Waals surface area contributed by atoms with Gasteiger partial charge in [-0.3, -0.25) is 9.69 Å². The van der Waals surface area contributed by atoms with Crippen molar-refractivity contribution in [2.24, 2.45) is 5.92 Å². The van der Waals surface area contributed by atoms with Crippen LogP contribution in [0, 0.1) is 11.7 Å². The highest BCUT2D eigenvalue weighted by atomic mass is 35.5. The number of halogens is 2. The minimum atomic E-state index is -0.311. The lowest BCUT2D eigenvalue weighted by molar-refractivity contribution is -0.126. The summed E-state index contributed by atoms with van der Waals surface area (Å²) in [7, 11) is 0. The molecule has 0 bridgehead atoms. The number of benzene rings is 1. The maximum Gasteiger partial charge on any atom is 0.223 e. The van der Waals surface area contributed by atoms with Crippen LogP contribution in [0.15, 0.2) is 18.2 Å². The third-order valence-electron chi connectivity index (χ3n) is 4.97. The van der Waals surface area contributed by atoms with Crippen molar-refractivity contribution in [3.05, 3.63) is 34.6 Å². The molecular formula is C18H25ClFN3O. The molecule has 1 atom stereocenters. The maximum absolute atomic E-state index is 13.2. The predicted octanol–water partition coefficient (Wildman–Crippen LogP) is 2.56. The SMILES string of the molecule is O=C(N[C@@H]1CCCN(Cc2ccc(F)cc2Cl)C1)C1CCNCC1. The van der Waals surface area contributed by atoms with E-state index in [1.807, 2.05) is 0 Å². The Kier molecular flexibility index (Phi) is 6.09. The van der Waals surface area contributed by atoms with E-state index in [2.05, 4.69) is 15.5 Å². The van der Waals surface area contributed by atoms with Crippen LogP contribution in [-0.4, -0.2) is 43.0 Å². The molecular weight excluding hydrogens is 329 g/mol. The van der Waals surface area contributed by atoms with Crippen molar-refractivity contribution in [1.82, 2.24) is 15.5 Å². The van der Waals surface area contributed by atoms with E-state index in [0.29, 0.717) is 11.6 Å². The fraction of sp³-hybridized carbons (Fsp3) is 0.611. The van der Waals surface area contributed by atoms with Crippen LogP contribution in [0.5, 0.6) is 0 Å². The number of rotatable bonds is 4. The summed E-state index contributed by atoms with van der Waals surface area (Å²) in [4.78, 5) is 14.7. The minimum absolute atomic E-state index is 0.146. The van der Waals surface area contributed by atoms with Crippen molar-refractivity contribution in [2.45, 2.75) is 38.3 Å². The van der Waals surface area contributed by atoms with Crippen LogP contribution in [0.3, 0.4) is 0 Å². The molecule has 0 radical (unpaired) electrons. The number of nitrogens with one attached hydrogen (secondary N) is 2. The minimum Gasteiger partial charge on any atom is -0.352 e. The molecule has 24 heavy (non-hydrogen) atoms. The molecule has 2 N–H and O–H groups in total. The molecule has 2 saturated heterocycles. The van der Waals surface area contributed by atoms with Gasteiger partial charge in [0.15, 0.2) is 0 Å². The molecule has 2 fully saturated rings. The van der Waals surface area contributed by atoms with Gasteiger partial charge in [0.25, 0.3) is 0 Å². The largest absolute Gasteiger partial charge is 0.352 e. The Bertz CT molecular complexity index is 577. The van der Waals surface area contributed by atoms with Gasteiger partial charge in [-0.2, -0.15) is 0 Å². The van der Waals surface area contributed by atoms with Gasteiger partial charge >= 0.3 is 0 Å². The van der Waals surface area contributed by atoms with Gasteiger partial charge in [-0.05, 0) is 63.0 Å². The van der Waals surface area contributed by atoms with Crippen LogP contribution in [0.1, 0.15) is 31.2 Å². The van der Waals surface area contributed by atoms with Gasteiger partial charge in [0, 0.05) is 30.1 Å². The van der Waals surface area contributed by atoms with Crippen molar-refractivity contribution in [1.29, 1.82) is 0 Å². The monoisotopic (exact) mass is 353 g/mol. The number of likely N-dealkylation sites (tertiary alicyclic amines) is 1. The highest BCUT2D eigenvalue weighted by Gasteiger charge is 2.26. The summed E-state index contributed by atoms with van der Waals surface area (Å²) in [6, 6.07) is 4.74. The molecule has 2 heterocycles. The summed E-state index contributed by atoms with van der Waals surface area (Å²) in [5.74, 6) is 0.0332. The van der Waals surface area contributed by atoms with E-state index in [9.17, 15) is 9.18 Å². The van der Waals surface area contributed by atoms with Crippen LogP contribution < -0.4 is 10.6 Å². The van der Waals surface area contributed by atoms with Crippen molar-refractivity contribution < 1.29 is 9.18 Å². The smallest absolute Gasteiger partial charge is 0.223 e. The fourth-order valence-corrected chi connectivity index (χ4v) is 3.84. The van der Waals surface area contributed by atoms with E-state index in [-0.39, 0.29) is 23.7 Å². The third kappa shape index (κ3) is 4.68. The molecule has 2 aliphatic rings. The Labute approximate surface area is 147 Å². The van der Waals surface area contributed by atoms with E-state index in [1.165, 1.54) is 12.1 Å². The molecule has 132 valence electrons. The fourth-order valence-electron chi connectivity index (χ4n) is 3.61. The zero-order valence-electron chi connectivity index (χ0n) is 13.9. The Balaban J connectivity index is 1.53. The average molecular weight is 354 g/mol. The molecule has 2 aliphatic heterocycles. The lowest BCUT2D eigenvalue weighted by atomic mass is 9.96. The number of hydrogen-bond donors (Lipinski definition) is 2. The maximum atomic E-state index is 13.2. The number of carbonyl (C=O) groups is 1. The first kappa shape index (κ1) is 17.6. The zero-order chi connectivity index (χ0) is 16.9. The molecule has 0 aromatic heterocycles. The standard InChI is InChI=1S/C18H25ClFN3O/c19-17-10-15(20)4-3-14(17)11-23-9-1-2-16(12-23)22-18(24)13-5-7-21-8-6-13/h3-4,10,13,16,21H,1-2,5-9,11-12H2,(H,22,24)/t16-/m1/s1. The quantitative estimate of drug-likeness (QED) is 0.874. The lowest BCUT2D eigenvalue weighted by Crippen LogP contribution is -2.50. The molecule has 0 unspecified atom stereocenters. The van der Waals surface area contributed by atoms with Crippen molar-refractivity contribution >= 4 is 17.5 Å². The van der Waals surface area contributed by atoms with E-state index in [1.54, 1.807) is 6.07 Å². The second kappa shape index (κ2) is 8.28. The summed E-state index contributed by atoms with van der Waals surface area (Å²) in [6.07, 6.45) is 3.92. The van der Waals surface area contributed by atoms with E-state index in [0.717, 1.165) is 57.4 Å². The first-order valence-electron chi connectivity index (χ1n) is 8.79. The Morgan fingerprint density at radius 1 is 1.33 bits per heavy atom. The van der Waals surface area contributed by atoms with Gasteiger partial charge in [-0.1, -0.05) is 17.7 Å². The van der Waals surface area contributed by atoms with E-state index >= 15 is 0 Å². The molecule has 1 amide bonds. The molecule has 0 spiro atoms. The zero-order valence-corrected chi connectivity index (χ0v) is 14.6. The Morgan fingerprint density at radius 3 is 2.88 bits per heavy atom. The molecule has 6 heteroatoms. The number of hydrogen-bond acceptors (Lipinski definition) is 3. The first-order chi connectivity index (χ1) is 11.6. The molecule has 3 rings (SSSR count). The normalized spacial score (nSPS) is 23.2. The second-order valence-electron chi connectivity index (χ2n) is 6.84. The highest BCUT2D eigenvalue weighted by Crippen LogP contribution is 2.21. The summed E-state index contributed by atoms with van der Waals surface area (Å²) >= 11 is 6.13. The van der Waals surface area contributed by atoms with Gasteiger partial charge in [0.05, 0.1) is 0 Å². The number of carbonyl (C=O) groups excluding carboxylic acids is 1. The average Bonchev–Trinajstić information content (AvgIpc) is 2.58. The van der Waals surface area contributed by atoms with Crippen LogP contribution in [0.25, 0.3) is 0 Å². The third-order valence-corrected chi connectivity index (χ3v) is 5.32. The van der Waals surface area contributed by atoms with Gasteiger partial charge in [0.1, 0.15) is 5.82 Å². The van der Waals surface area contributed by atoms with Gasteiger partial charge in [-0.25, -0.2) is 4.39 Å². The number of nitrogens with zero attached hydrogens (tertiary/aromatic N) is 1. The van der Waals surface area contributed by atoms with Gasteiger partial charge in [0.2, 0.25) is 5.91 Å². The van der Waals surface area contributed by atoms with Crippen LogP contribution in [0.2, 0.25) is 5.02 Å². The Hall–Kier alpha value is -1.17. The number of amides is 1. The molecule has 1 aromatic carbocycles. The van der Waals surface area contributed by atoms with Crippen LogP contribution >= 0.6 is 11.6 Å². The Morgan fingerprint density at radius 2 is 2.12 bits per heavy atom. The summed E-state index contributed by atoms with van der Waals surface area (Å²) < 4.78 is 13.2. The van der Waals surface area contributed by atoms with Gasteiger partial charge in [-0.15, -0.1) is 0 Å². The summed E-state index contributed by atoms with van der Waals surface area (Å²) in [5, 5.41) is 6.98. The number of piperidine rings is 2. The van der Waals surface area contributed by atoms with Crippen molar-refractivity contribution in [3.63, 3.8) is 0 Å². The second-order valence-corrected chi connectivity index (χ2v) is 7.25. The van der Waals surface area contributed by atoms with Crippen LogP contribution in [-0.2, 0) is 11.3 Å². The molecule has 0 aliphatic carbocycles. The lowest BCUT2D eigenvalue weighted by Gasteiger charge is -2.34. The summed E-state index contributed by atoms with van der Waals surface area (Å²) in [5.41, 5.74) is 0.934. The highest BCUT2D eigenvalue weighted by molar-refractivity contribution is 6.31. The predicted molar refractivity (Wildman–Crippen MR) is 93.4 cm³/mol. The topological polar surface area (TPSA) is 44.4 Å². The first-order valence-corrected chi connectivity index (χ1v) is 9.17. The molecule has 0 saturated carbocycles. The van der Waals surface area contributed by atoms with E-state index < -0.39 is 0 Å². The van der Waals surface area contributed by atoms with Crippen molar-refractivity contribution in [2.75, 3.05) is 26.2 Å². The van der Waals surface area contributed by atoms with Gasteiger partial charge < -0.3 is 10.6 Å². The van der Waals surface area contributed by atoms with E-state index in [4.69, 9.17) is 11.6 Å². The summed E-state index contributed by atoms with van der Waals surface area (Å²) in [6.45, 7) is 4.35. The molecule has 4 nitrogen and oxygen atoms in total. The molecule has 1 aromatic rings.